The van der Waals surface area contributed by atoms with E-state index < -0.39 is 0 Å². The van der Waals surface area contributed by atoms with Crippen LogP contribution in [0.15, 0.2) is 29.9 Å². The van der Waals surface area contributed by atoms with Gasteiger partial charge in [-0.05, 0) is 36.8 Å². The molecule has 1 atom stereocenters. The van der Waals surface area contributed by atoms with E-state index in [2.05, 4.69) is 32.4 Å². The average Bonchev–Trinajstić information content (AvgIpc) is 2.99. The summed E-state index contributed by atoms with van der Waals surface area (Å²) in [6, 6.07) is 4.37. The van der Waals surface area contributed by atoms with Crippen molar-refractivity contribution in [2.45, 2.75) is 25.0 Å². The summed E-state index contributed by atoms with van der Waals surface area (Å²) >= 11 is 1.75. The molecule has 3 rings (SSSR count). The van der Waals surface area contributed by atoms with Crippen LogP contribution in [0.4, 0.5) is 0 Å². The molecule has 0 aromatic carbocycles. The second-order valence-corrected chi connectivity index (χ2v) is 6.22. The molecule has 0 radical (unpaired) electrons. The van der Waals surface area contributed by atoms with Gasteiger partial charge in [-0.3, -0.25) is 0 Å². The van der Waals surface area contributed by atoms with Gasteiger partial charge in [0.25, 0.3) is 0 Å². The summed E-state index contributed by atoms with van der Waals surface area (Å²) in [6.07, 6.45) is 5.57. The molecule has 5 heteroatoms. The quantitative estimate of drug-likeness (QED) is 0.878. The van der Waals surface area contributed by atoms with Gasteiger partial charge in [-0.25, -0.2) is 4.98 Å². The van der Waals surface area contributed by atoms with E-state index in [0.29, 0.717) is 5.92 Å². The van der Waals surface area contributed by atoms with E-state index in [-0.39, 0.29) is 12.1 Å². The van der Waals surface area contributed by atoms with Gasteiger partial charge < -0.3 is 15.0 Å². The molecule has 2 heterocycles. The summed E-state index contributed by atoms with van der Waals surface area (Å²) < 4.78 is 2.06. The molecule has 1 unspecified atom stereocenters. The van der Waals surface area contributed by atoms with Gasteiger partial charge in [0, 0.05) is 24.3 Å². The molecule has 2 aromatic rings. The second kappa shape index (κ2) is 5.45. The van der Waals surface area contributed by atoms with Gasteiger partial charge in [0.05, 0.1) is 6.10 Å². The van der Waals surface area contributed by atoms with Crippen molar-refractivity contribution >= 4 is 11.3 Å². The number of thiophene rings is 1. The highest BCUT2D eigenvalue weighted by Gasteiger charge is 2.28. The molecule has 0 bridgehead atoms. The standard InChI is InChI=1S/C14H19N3OS/c1-17-5-4-15-14(17)13(12-3-2-6-19-12)16-9-10-7-11(18)8-10/h2-6,10-11,13,16,18H,7-9H2,1H3. The van der Waals surface area contributed by atoms with Crippen LogP contribution in [0.3, 0.4) is 0 Å². The first-order valence-electron chi connectivity index (χ1n) is 6.66. The maximum atomic E-state index is 9.35. The monoisotopic (exact) mass is 277 g/mol. The van der Waals surface area contributed by atoms with Crippen LogP contribution in [-0.2, 0) is 7.05 Å². The number of nitrogens with one attached hydrogen (secondary N) is 1. The number of aryl methyl sites for hydroxylation is 1. The van der Waals surface area contributed by atoms with E-state index >= 15 is 0 Å². The molecule has 0 saturated heterocycles. The third-order valence-corrected chi connectivity index (χ3v) is 4.70. The van der Waals surface area contributed by atoms with Crippen LogP contribution < -0.4 is 5.32 Å². The van der Waals surface area contributed by atoms with Crippen LogP contribution in [-0.4, -0.2) is 27.3 Å². The van der Waals surface area contributed by atoms with Gasteiger partial charge in [0.1, 0.15) is 11.9 Å². The molecule has 1 saturated carbocycles. The van der Waals surface area contributed by atoms with Crippen molar-refractivity contribution in [1.82, 2.24) is 14.9 Å². The van der Waals surface area contributed by atoms with Gasteiger partial charge in [-0.1, -0.05) is 6.07 Å². The summed E-state index contributed by atoms with van der Waals surface area (Å²) in [5.41, 5.74) is 0. The van der Waals surface area contributed by atoms with E-state index in [1.54, 1.807) is 11.3 Å². The maximum Gasteiger partial charge on any atom is 0.131 e. The van der Waals surface area contributed by atoms with Gasteiger partial charge in [0.15, 0.2) is 0 Å². The fourth-order valence-corrected chi connectivity index (χ4v) is 3.38. The second-order valence-electron chi connectivity index (χ2n) is 5.24. The van der Waals surface area contributed by atoms with Crippen molar-refractivity contribution < 1.29 is 5.11 Å². The van der Waals surface area contributed by atoms with Gasteiger partial charge >= 0.3 is 0 Å². The summed E-state index contributed by atoms with van der Waals surface area (Å²) in [4.78, 5) is 5.75. The number of hydrogen-bond acceptors (Lipinski definition) is 4. The Morgan fingerprint density at radius 1 is 1.58 bits per heavy atom. The molecule has 0 aliphatic heterocycles. The van der Waals surface area contributed by atoms with Crippen molar-refractivity contribution in [3.05, 3.63) is 40.6 Å². The number of nitrogens with zero attached hydrogens (tertiary/aromatic N) is 2. The van der Waals surface area contributed by atoms with Crippen LogP contribution in [0.1, 0.15) is 29.6 Å². The third-order valence-electron chi connectivity index (χ3n) is 3.77. The smallest absolute Gasteiger partial charge is 0.131 e. The topological polar surface area (TPSA) is 50.1 Å². The van der Waals surface area contributed by atoms with Crippen molar-refractivity contribution in [3.8, 4) is 0 Å². The minimum absolute atomic E-state index is 0.0832. The zero-order valence-electron chi connectivity index (χ0n) is 11.0. The highest BCUT2D eigenvalue weighted by Crippen LogP contribution is 2.29. The van der Waals surface area contributed by atoms with Crippen molar-refractivity contribution in [3.63, 3.8) is 0 Å². The zero-order chi connectivity index (χ0) is 13.2. The molecule has 1 aliphatic carbocycles. The minimum atomic E-state index is -0.0832. The van der Waals surface area contributed by atoms with E-state index in [1.807, 2.05) is 19.4 Å². The predicted molar refractivity (Wildman–Crippen MR) is 76.1 cm³/mol. The Hall–Kier alpha value is -1.17. The fourth-order valence-electron chi connectivity index (χ4n) is 2.58. The van der Waals surface area contributed by atoms with E-state index in [4.69, 9.17) is 0 Å². The normalized spacial score (nSPS) is 24.1. The number of rotatable bonds is 5. The molecule has 1 fully saturated rings. The fraction of sp³-hybridized carbons (Fsp3) is 0.500. The van der Waals surface area contributed by atoms with Crippen LogP contribution in [0.5, 0.6) is 0 Å². The summed E-state index contributed by atoms with van der Waals surface area (Å²) in [5.74, 6) is 1.64. The Morgan fingerprint density at radius 3 is 3.00 bits per heavy atom. The molecule has 19 heavy (non-hydrogen) atoms. The lowest BCUT2D eigenvalue weighted by atomic mass is 9.82. The predicted octanol–water partition coefficient (Wildman–Crippen LogP) is 1.93. The number of aliphatic hydroxyl groups excluding tert-OH is 1. The lowest BCUT2D eigenvalue weighted by Gasteiger charge is -2.32. The van der Waals surface area contributed by atoms with Gasteiger partial charge in [-0.15, -0.1) is 11.3 Å². The van der Waals surface area contributed by atoms with Crippen LogP contribution in [0, 0.1) is 5.92 Å². The number of aliphatic hydroxyl groups is 1. The first-order chi connectivity index (χ1) is 9.24. The Labute approximate surface area is 117 Å². The van der Waals surface area contributed by atoms with Crippen LogP contribution in [0.25, 0.3) is 0 Å². The SMILES string of the molecule is Cn1ccnc1C(NCC1CC(O)C1)c1cccs1. The molecule has 4 nitrogen and oxygen atoms in total. The third kappa shape index (κ3) is 2.73. The Morgan fingerprint density at radius 2 is 2.42 bits per heavy atom. The van der Waals surface area contributed by atoms with E-state index in [9.17, 15) is 5.11 Å². The highest BCUT2D eigenvalue weighted by atomic mass is 32.1. The van der Waals surface area contributed by atoms with Gasteiger partial charge in [-0.2, -0.15) is 0 Å². The molecule has 0 amide bonds. The van der Waals surface area contributed by atoms with E-state index in [1.165, 1.54) is 4.88 Å². The Bertz CT molecular complexity index is 517. The highest BCUT2D eigenvalue weighted by molar-refractivity contribution is 7.10. The minimum Gasteiger partial charge on any atom is -0.393 e. The largest absolute Gasteiger partial charge is 0.393 e. The lowest BCUT2D eigenvalue weighted by molar-refractivity contribution is 0.0422. The molecule has 102 valence electrons. The molecular formula is C14H19N3OS. The van der Waals surface area contributed by atoms with Crippen molar-refractivity contribution in [2.75, 3.05) is 6.54 Å². The summed E-state index contributed by atoms with van der Waals surface area (Å²) in [6.45, 7) is 0.937. The average molecular weight is 277 g/mol. The molecule has 2 N–H and O–H groups in total. The first-order valence-corrected chi connectivity index (χ1v) is 7.54. The van der Waals surface area contributed by atoms with Crippen LogP contribution >= 0.6 is 11.3 Å². The van der Waals surface area contributed by atoms with E-state index in [0.717, 1.165) is 25.2 Å². The van der Waals surface area contributed by atoms with Crippen molar-refractivity contribution in [1.29, 1.82) is 0 Å². The Kier molecular flexibility index (Phi) is 3.68. The van der Waals surface area contributed by atoms with Crippen molar-refractivity contribution in [2.24, 2.45) is 13.0 Å². The number of imidazole rings is 1. The molecule has 0 spiro atoms. The molecule has 1 aliphatic rings. The Balaban J connectivity index is 1.72. The number of aromatic nitrogens is 2. The van der Waals surface area contributed by atoms with Crippen LogP contribution in [0.2, 0.25) is 0 Å². The number of hydrogen-bond donors (Lipinski definition) is 2. The molecule has 2 aromatic heterocycles. The molecular weight excluding hydrogens is 258 g/mol. The summed E-state index contributed by atoms with van der Waals surface area (Å²) in [5, 5.41) is 15.1. The first kappa shape index (κ1) is 12.8. The van der Waals surface area contributed by atoms with Gasteiger partial charge in [0.2, 0.25) is 0 Å². The lowest BCUT2D eigenvalue weighted by Crippen LogP contribution is -2.38. The zero-order valence-corrected chi connectivity index (χ0v) is 11.8. The maximum absolute atomic E-state index is 9.35. The summed E-state index contributed by atoms with van der Waals surface area (Å²) in [7, 11) is 2.03.